The molecule has 4 heterocycles. The molecule has 57 heavy (non-hydrogen) atoms. The molecular weight excluding hydrogens is 735 g/mol. The smallest absolute Gasteiger partial charge is 0.165 e. The van der Waals surface area contributed by atoms with Crippen molar-refractivity contribution < 1.29 is 4.42 Å². The third-order valence-corrected chi connectivity index (χ3v) is 13.5. The number of benzene rings is 8. The van der Waals surface area contributed by atoms with Crippen LogP contribution in [0.3, 0.4) is 0 Å². The normalized spacial score (nSPS) is 11.9. The number of hydrogen-bond donors (Lipinski definition) is 0. The Morgan fingerprint density at radius 3 is 1.23 bits per heavy atom. The molecule has 6 heteroatoms. The first-order valence-corrected chi connectivity index (χ1v) is 20.6. The maximum atomic E-state index is 6.52. The first kappa shape index (κ1) is 32.3. The van der Waals surface area contributed by atoms with Crippen LogP contribution in [0.15, 0.2) is 180 Å². The quantitative estimate of drug-likeness (QED) is 0.175. The van der Waals surface area contributed by atoms with Crippen LogP contribution < -0.4 is 0 Å². The maximum Gasteiger partial charge on any atom is 0.165 e. The van der Waals surface area contributed by atoms with Crippen molar-refractivity contribution in [1.29, 1.82) is 0 Å². The highest BCUT2D eigenvalue weighted by Gasteiger charge is 2.21. The van der Waals surface area contributed by atoms with E-state index in [-0.39, 0.29) is 0 Å². The topological polar surface area (TPSA) is 51.8 Å². The van der Waals surface area contributed by atoms with Gasteiger partial charge >= 0.3 is 0 Å². The number of thiophene rings is 2. The van der Waals surface area contributed by atoms with Gasteiger partial charge in [-0.05, 0) is 12.1 Å². The Morgan fingerprint density at radius 1 is 0.298 bits per heavy atom. The molecule has 0 saturated carbocycles. The van der Waals surface area contributed by atoms with E-state index in [9.17, 15) is 0 Å². The van der Waals surface area contributed by atoms with Crippen LogP contribution in [0.5, 0.6) is 0 Å². The molecule has 0 aliphatic heterocycles. The second-order valence-corrected chi connectivity index (χ2v) is 16.3. The summed E-state index contributed by atoms with van der Waals surface area (Å²) in [6, 6.07) is 61.8. The number of fused-ring (bicyclic) bond motifs is 9. The van der Waals surface area contributed by atoms with Crippen molar-refractivity contribution >= 4 is 85.0 Å². The molecule has 0 aliphatic rings. The van der Waals surface area contributed by atoms with Crippen molar-refractivity contribution in [2.24, 2.45) is 0 Å². The molecule has 12 aromatic rings. The van der Waals surface area contributed by atoms with E-state index >= 15 is 0 Å². The number of hydrogen-bond acceptors (Lipinski definition) is 6. The molecule has 0 aliphatic carbocycles. The number of aromatic nitrogens is 3. The summed E-state index contributed by atoms with van der Waals surface area (Å²) in [5.41, 5.74) is 9.52. The van der Waals surface area contributed by atoms with Gasteiger partial charge in [-0.15, -0.1) is 22.7 Å². The molecule has 0 radical (unpaired) electrons. The van der Waals surface area contributed by atoms with Crippen LogP contribution in [-0.2, 0) is 0 Å². The third kappa shape index (κ3) is 5.08. The Kier molecular flexibility index (Phi) is 7.24. The van der Waals surface area contributed by atoms with Gasteiger partial charge in [0.2, 0.25) is 0 Å². The van der Waals surface area contributed by atoms with Crippen molar-refractivity contribution in [3.8, 4) is 56.4 Å². The van der Waals surface area contributed by atoms with Crippen molar-refractivity contribution in [2.75, 3.05) is 0 Å². The Bertz CT molecular complexity index is 3470. The number of para-hydroxylation sites is 2. The van der Waals surface area contributed by atoms with Gasteiger partial charge in [0.25, 0.3) is 0 Å². The number of nitrogens with zero attached hydrogens (tertiary/aromatic N) is 3. The van der Waals surface area contributed by atoms with Crippen molar-refractivity contribution in [1.82, 2.24) is 15.0 Å². The highest BCUT2D eigenvalue weighted by molar-refractivity contribution is 7.28. The fourth-order valence-electron chi connectivity index (χ4n) is 8.34. The minimum absolute atomic E-state index is 0.658. The van der Waals surface area contributed by atoms with Gasteiger partial charge in [-0.2, -0.15) is 0 Å². The lowest BCUT2D eigenvalue weighted by molar-refractivity contribution is 0.670. The van der Waals surface area contributed by atoms with E-state index in [2.05, 4.69) is 133 Å². The first-order chi connectivity index (χ1) is 28.3. The van der Waals surface area contributed by atoms with Crippen LogP contribution in [0.25, 0.3) is 119 Å². The Labute approximate surface area is 335 Å². The lowest BCUT2D eigenvalue weighted by Gasteiger charge is -2.09. The molecule has 0 atom stereocenters. The zero-order valence-corrected chi connectivity index (χ0v) is 31.9. The van der Waals surface area contributed by atoms with Gasteiger partial charge in [-0.3, -0.25) is 0 Å². The summed E-state index contributed by atoms with van der Waals surface area (Å²) in [4.78, 5) is 15.2. The summed E-state index contributed by atoms with van der Waals surface area (Å²) in [5.74, 6) is 1.98. The summed E-state index contributed by atoms with van der Waals surface area (Å²) in [5, 5.41) is 7.22. The maximum absolute atomic E-state index is 6.52. The Morgan fingerprint density at radius 2 is 0.684 bits per heavy atom. The largest absolute Gasteiger partial charge is 0.455 e. The van der Waals surface area contributed by atoms with E-state index in [0.717, 1.165) is 48.9 Å². The van der Waals surface area contributed by atoms with Gasteiger partial charge in [0.05, 0.1) is 0 Å². The molecule has 0 saturated heterocycles. The van der Waals surface area contributed by atoms with Crippen molar-refractivity contribution in [3.05, 3.63) is 176 Å². The van der Waals surface area contributed by atoms with Crippen molar-refractivity contribution in [3.63, 3.8) is 0 Å². The van der Waals surface area contributed by atoms with Gasteiger partial charge in [0.1, 0.15) is 11.2 Å². The number of rotatable bonds is 5. The zero-order valence-electron chi connectivity index (χ0n) is 30.3. The van der Waals surface area contributed by atoms with Gasteiger partial charge < -0.3 is 4.42 Å². The van der Waals surface area contributed by atoms with E-state index in [4.69, 9.17) is 19.4 Å². The Hall–Kier alpha value is -6.99. The van der Waals surface area contributed by atoms with Crippen LogP contribution in [0, 0.1) is 0 Å². The first-order valence-electron chi connectivity index (χ1n) is 18.9. The minimum atomic E-state index is 0.658. The SMILES string of the molecule is c1ccc(-c2nc(-c3ccccc3)nc(-c3cccc4c3sc3c(-c5cccc6c5sc5c(-c7cccc8c7oc7ccccc78)cccc56)cccc34)n2)cc1. The van der Waals surface area contributed by atoms with E-state index in [0.29, 0.717) is 17.5 Å². The molecule has 4 nitrogen and oxygen atoms in total. The lowest BCUT2D eigenvalue weighted by Crippen LogP contribution is -2.00. The molecular formula is C51H29N3OS2. The Balaban J connectivity index is 1.05. The lowest BCUT2D eigenvalue weighted by atomic mass is 9.98. The van der Waals surface area contributed by atoms with Gasteiger partial charge in [-0.1, -0.05) is 164 Å². The van der Waals surface area contributed by atoms with Gasteiger partial charge in [0.15, 0.2) is 17.5 Å². The average Bonchev–Trinajstić information content (AvgIpc) is 3.98. The fourth-order valence-corrected chi connectivity index (χ4v) is 11.0. The van der Waals surface area contributed by atoms with Crippen LogP contribution in [0.4, 0.5) is 0 Å². The van der Waals surface area contributed by atoms with Crippen molar-refractivity contribution in [2.45, 2.75) is 0 Å². The van der Waals surface area contributed by atoms with Crippen LogP contribution >= 0.6 is 22.7 Å². The van der Waals surface area contributed by atoms with E-state index < -0.39 is 0 Å². The summed E-state index contributed by atoms with van der Waals surface area (Å²) >= 11 is 3.69. The standard InChI is InChI=1S/C51H29N3OS2/c1-3-14-30(15-4-1)49-52-50(31-16-5-2-6-17-31)54-51(53-49)42-28-13-27-41-40-26-12-25-39(47(40)57-48(41)42)38-24-11-23-37-36-22-10-21-35(45(36)56-46(37)38)34-20-9-19-33-32-18-7-8-29-43(32)55-44(33)34/h1-29H. The molecule has 0 spiro atoms. The monoisotopic (exact) mass is 763 g/mol. The summed E-state index contributed by atoms with van der Waals surface area (Å²) in [7, 11) is 0. The zero-order chi connectivity index (χ0) is 37.5. The molecule has 4 aromatic heterocycles. The molecule has 0 amide bonds. The minimum Gasteiger partial charge on any atom is -0.455 e. The third-order valence-electron chi connectivity index (χ3n) is 11.0. The molecule has 8 aromatic carbocycles. The highest BCUT2D eigenvalue weighted by Crippen LogP contribution is 2.49. The van der Waals surface area contributed by atoms with E-state index in [1.807, 2.05) is 65.1 Å². The van der Waals surface area contributed by atoms with Gasteiger partial charge in [-0.25, -0.2) is 15.0 Å². The van der Waals surface area contributed by atoms with Crippen LogP contribution in [0.1, 0.15) is 0 Å². The summed E-state index contributed by atoms with van der Waals surface area (Å²) in [6.07, 6.45) is 0. The second kappa shape index (κ2) is 12.8. The highest BCUT2D eigenvalue weighted by atomic mass is 32.1. The summed E-state index contributed by atoms with van der Waals surface area (Å²) < 4.78 is 11.5. The predicted molar refractivity (Wildman–Crippen MR) is 240 cm³/mol. The number of furan rings is 1. The van der Waals surface area contributed by atoms with Gasteiger partial charge in [0, 0.05) is 90.1 Å². The van der Waals surface area contributed by atoms with E-state index in [1.54, 1.807) is 0 Å². The molecule has 0 fully saturated rings. The second-order valence-electron chi connectivity index (χ2n) is 14.3. The molecule has 0 bridgehead atoms. The average molecular weight is 764 g/mol. The molecule has 0 N–H and O–H groups in total. The summed E-state index contributed by atoms with van der Waals surface area (Å²) in [6.45, 7) is 0. The molecule has 0 unspecified atom stereocenters. The fraction of sp³-hybridized carbons (Fsp3) is 0. The molecule has 266 valence electrons. The van der Waals surface area contributed by atoms with Crippen LogP contribution in [-0.4, -0.2) is 15.0 Å². The van der Waals surface area contributed by atoms with E-state index in [1.165, 1.54) is 52.3 Å². The molecule has 12 rings (SSSR count). The van der Waals surface area contributed by atoms with Crippen LogP contribution in [0.2, 0.25) is 0 Å². The predicted octanol–water partition coefficient (Wildman–Crippen LogP) is 14.8.